The monoisotopic (exact) mass is 437 g/mol. The lowest BCUT2D eigenvalue weighted by molar-refractivity contribution is 0.0810. The fourth-order valence-electron chi connectivity index (χ4n) is 4.00. The SMILES string of the molecule is COc1ccc(C(=O)C2CCN(Cn3ccn(-c4ccc(OC)cc4)c3=S)CC2)cc1. The molecule has 7 heteroatoms. The van der Waals surface area contributed by atoms with Crippen molar-refractivity contribution in [2.24, 2.45) is 5.92 Å². The van der Waals surface area contributed by atoms with Gasteiger partial charge in [0.25, 0.3) is 0 Å². The van der Waals surface area contributed by atoms with Crippen LogP contribution in [0, 0.1) is 10.7 Å². The molecule has 0 bridgehead atoms. The smallest absolute Gasteiger partial charge is 0.185 e. The van der Waals surface area contributed by atoms with Crippen molar-refractivity contribution in [3.63, 3.8) is 0 Å². The zero-order valence-electron chi connectivity index (χ0n) is 17.9. The summed E-state index contributed by atoms with van der Waals surface area (Å²) in [5, 5.41) is 0. The number of rotatable bonds is 7. The van der Waals surface area contributed by atoms with Crippen LogP contribution in [0.2, 0.25) is 0 Å². The van der Waals surface area contributed by atoms with Crippen molar-refractivity contribution in [3.8, 4) is 17.2 Å². The molecule has 31 heavy (non-hydrogen) atoms. The summed E-state index contributed by atoms with van der Waals surface area (Å²) in [4.78, 5) is 15.2. The Hall–Kier alpha value is -2.90. The topological polar surface area (TPSA) is 48.6 Å². The van der Waals surface area contributed by atoms with Gasteiger partial charge in [0.1, 0.15) is 11.5 Å². The fourth-order valence-corrected chi connectivity index (χ4v) is 4.29. The third-order valence-electron chi connectivity index (χ3n) is 5.88. The molecule has 3 aromatic rings. The van der Waals surface area contributed by atoms with Gasteiger partial charge in [0.2, 0.25) is 0 Å². The molecule has 0 aliphatic carbocycles. The van der Waals surface area contributed by atoms with E-state index in [-0.39, 0.29) is 11.7 Å². The molecule has 1 fully saturated rings. The molecule has 1 aliphatic heterocycles. The quantitative estimate of drug-likeness (QED) is 0.400. The van der Waals surface area contributed by atoms with Crippen molar-refractivity contribution in [1.29, 1.82) is 0 Å². The molecule has 2 aromatic carbocycles. The van der Waals surface area contributed by atoms with E-state index < -0.39 is 0 Å². The highest BCUT2D eigenvalue weighted by atomic mass is 32.1. The number of methoxy groups -OCH3 is 2. The lowest BCUT2D eigenvalue weighted by atomic mass is 9.89. The molecule has 0 N–H and O–H groups in total. The van der Waals surface area contributed by atoms with Crippen LogP contribution in [0.4, 0.5) is 0 Å². The Kier molecular flexibility index (Phi) is 6.53. The van der Waals surface area contributed by atoms with E-state index in [9.17, 15) is 4.79 Å². The van der Waals surface area contributed by atoms with E-state index in [1.54, 1.807) is 14.2 Å². The largest absolute Gasteiger partial charge is 0.497 e. The second-order valence-electron chi connectivity index (χ2n) is 7.75. The Bertz CT molecular complexity index is 1080. The van der Waals surface area contributed by atoms with E-state index in [1.807, 2.05) is 65.5 Å². The molecular weight excluding hydrogens is 410 g/mol. The first kappa shape index (κ1) is 21.3. The first-order chi connectivity index (χ1) is 15.1. The van der Waals surface area contributed by atoms with Crippen molar-refractivity contribution in [3.05, 3.63) is 71.3 Å². The number of Topliss-reactive ketones (excluding diaryl/α,β-unsaturated/α-hetero) is 1. The molecule has 1 aromatic heterocycles. The number of imidazole rings is 1. The molecular formula is C24H27N3O3S. The minimum Gasteiger partial charge on any atom is -0.497 e. The third kappa shape index (κ3) is 4.73. The normalized spacial score (nSPS) is 15.0. The van der Waals surface area contributed by atoms with Gasteiger partial charge in [0.05, 0.1) is 20.9 Å². The predicted octanol–water partition coefficient (Wildman–Crippen LogP) is 4.58. The van der Waals surface area contributed by atoms with E-state index in [4.69, 9.17) is 21.7 Å². The fraction of sp³-hybridized carbons (Fsp3) is 0.333. The Morgan fingerprint density at radius 3 is 2.10 bits per heavy atom. The Balaban J connectivity index is 1.36. The summed E-state index contributed by atoms with van der Waals surface area (Å²) >= 11 is 5.69. The van der Waals surface area contributed by atoms with Crippen molar-refractivity contribution >= 4 is 18.0 Å². The van der Waals surface area contributed by atoms with E-state index in [0.29, 0.717) is 0 Å². The first-order valence-electron chi connectivity index (χ1n) is 10.4. The second-order valence-corrected chi connectivity index (χ2v) is 8.11. The Labute approximate surface area is 187 Å². The summed E-state index contributed by atoms with van der Waals surface area (Å²) in [5.41, 5.74) is 1.77. The van der Waals surface area contributed by atoms with Gasteiger partial charge in [-0.05, 0) is 73.6 Å². The van der Waals surface area contributed by atoms with Crippen molar-refractivity contribution in [2.45, 2.75) is 19.5 Å². The first-order valence-corrected chi connectivity index (χ1v) is 10.8. The molecule has 0 saturated carbocycles. The molecule has 0 atom stereocenters. The zero-order valence-corrected chi connectivity index (χ0v) is 18.7. The van der Waals surface area contributed by atoms with Crippen molar-refractivity contribution < 1.29 is 14.3 Å². The lowest BCUT2D eigenvalue weighted by Crippen LogP contribution is -2.37. The molecule has 0 amide bonds. The van der Waals surface area contributed by atoms with Crippen LogP contribution in [0.5, 0.6) is 11.5 Å². The molecule has 0 radical (unpaired) electrons. The molecule has 1 saturated heterocycles. The highest BCUT2D eigenvalue weighted by molar-refractivity contribution is 7.71. The van der Waals surface area contributed by atoms with Crippen LogP contribution in [0.1, 0.15) is 23.2 Å². The number of hydrogen-bond donors (Lipinski definition) is 0. The van der Waals surface area contributed by atoms with Gasteiger partial charge in [0, 0.05) is 42.7 Å². The number of piperidine rings is 1. The lowest BCUT2D eigenvalue weighted by Gasteiger charge is -2.31. The number of nitrogens with zero attached hydrogens (tertiary/aromatic N) is 3. The second kappa shape index (κ2) is 9.49. The highest BCUT2D eigenvalue weighted by Crippen LogP contribution is 2.24. The van der Waals surface area contributed by atoms with Crippen LogP contribution in [-0.4, -0.2) is 47.1 Å². The van der Waals surface area contributed by atoms with E-state index >= 15 is 0 Å². The van der Waals surface area contributed by atoms with Gasteiger partial charge in [-0.2, -0.15) is 0 Å². The van der Waals surface area contributed by atoms with Gasteiger partial charge < -0.3 is 14.0 Å². The van der Waals surface area contributed by atoms with Gasteiger partial charge in [-0.1, -0.05) is 0 Å². The van der Waals surface area contributed by atoms with Gasteiger partial charge in [0.15, 0.2) is 10.6 Å². The predicted molar refractivity (Wildman–Crippen MR) is 123 cm³/mol. The average molecular weight is 438 g/mol. The van der Waals surface area contributed by atoms with Gasteiger partial charge >= 0.3 is 0 Å². The van der Waals surface area contributed by atoms with Crippen LogP contribution >= 0.6 is 12.2 Å². The molecule has 6 nitrogen and oxygen atoms in total. The minimum atomic E-state index is 0.0708. The number of benzene rings is 2. The third-order valence-corrected chi connectivity index (χ3v) is 6.31. The van der Waals surface area contributed by atoms with Crippen molar-refractivity contribution in [2.75, 3.05) is 27.3 Å². The maximum absolute atomic E-state index is 12.8. The number of ether oxygens (including phenoxy) is 2. The number of carbonyl (C=O) groups is 1. The number of likely N-dealkylation sites (tertiary alicyclic amines) is 1. The maximum atomic E-state index is 12.8. The van der Waals surface area contributed by atoms with Gasteiger partial charge in [-0.25, -0.2) is 0 Å². The van der Waals surface area contributed by atoms with Crippen LogP contribution < -0.4 is 9.47 Å². The number of aromatic nitrogens is 2. The summed E-state index contributed by atoms with van der Waals surface area (Å²) in [6.45, 7) is 2.48. The van der Waals surface area contributed by atoms with Crippen LogP contribution in [0.15, 0.2) is 60.9 Å². The summed E-state index contributed by atoms with van der Waals surface area (Å²) in [6, 6.07) is 15.3. The average Bonchev–Trinajstić information content (AvgIpc) is 3.19. The Morgan fingerprint density at radius 1 is 0.935 bits per heavy atom. The summed E-state index contributed by atoms with van der Waals surface area (Å²) in [6.07, 6.45) is 5.72. The van der Waals surface area contributed by atoms with E-state index in [0.717, 1.165) is 60.1 Å². The van der Waals surface area contributed by atoms with Crippen LogP contribution in [-0.2, 0) is 6.67 Å². The molecule has 4 rings (SSSR count). The van der Waals surface area contributed by atoms with Gasteiger partial charge in [-0.15, -0.1) is 0 Å². The Morgan fingerprint density at radius 2 is 1.52 bits per heavy atom. The molecule has 0 unspecified atom stereocenters. The van der Waals surface area contributed by atoms with Gasteiger partial charge in [-0.3, -0.25) is 14.3 Å². The summed E-state index contributed by atoms with van der Waals surface area (Å²) in [5.74, 6) is 1.89. The number of ketones is 1. The summed E-state index contributed by atoms with van der Waals surface area (Å²) in [7, 11) is 3.29. The van der Waals surface area contributed by atoms with Crippen LogP contribution in [0.25, 0.3) is 5.69 Å². The highest BCUT2D eigenvalue weighted by Gasteiger charge is 2.26. The molecule has 1 aliphatic rings. The van der Waals surface area contributed by atoms with Crippen molar-refractivity contribution in [1.82, 2.24) is 14.0 Å². The standard InChI is InChI=1S/C24H27N3O3S/c1-29-21-7-3-18(4-8-21)23(28)19-11-13-25(14-12-19)17-26-15-16-27(24(26)31)20-5-9-22(30-2)10-6-20/h3-10,15-16,19H,11-14,17H2,1-2H3. The maximum Gasteiger partial charge on any atom is 0.185 e. The summed E-state index contributed by atoms with van der Waals surface area (Å²) < 4.78 is 15.2. The van der Waals surface area contributed by atoms with E-state index in [1.165, 1.54) is 0 Å². The molecule has 2 heterocycles. The minimum absolute atomic E-state index is 0.0708. The molecule has 0 spiro atoms. The van der Waals surface area contributed by atoms with Crippen LogP contribution in [0.3, 0.4) is 0 Å². The molecule has 162 valence electrons. The number of carbonyl (C=O) groups excluding carboxylic acids is 1. The van der Waals surface area contributed by atoms with E-state index in [2.05, 4.69) is 9.47 Å². The zero-order chi connectivity index (χ0) is 21.8. The number of hydrogen-bond acceptors (Lipinski definition) is 5.